The molecule has 5 nitrogen and oxygen atoms in total. The Bertz CT molecular complexity index is 1870. The van der Waals surface area contributed by atoms with Crippen molar-refractivity contribution in [2.24, 2.45) is 0 Å². The van der Waals surface area contributed by atoms with E-state index in [4.69, 9.17) is 16.4 Å². The minimum atomic E-state index is -0.891. The Hall–Kier alpha value is -3.55. The second kappa shape index (κ2) is 14.1. The van der Waals surface area contributed by atoms with Crippen LogP contribution in [0.4, 0.5) is 0 Å². The van der Waals surface area contributed by atoms with Crippen LogP contribution >= 0.6 is 49.9 Å². The van der Waals surface area contributed by atoms with Crippen LogP contribution in [0.25, 0.3) is 35.1 Å². The molecule has 1 N–H and O–H groups in total. The summed E-state index contributed by atoms with van der Waals surface area (Å²) < 4.78 is 10.1. The van der Waals surface area contributed by atoms with Gasteiger partial charge in [-0.2, -0.15) is 0 Å². The number of nitrogens with zero attached hydrogens (tertiary/aromatic N) is 1. The summed E-state index contributed by atoms with van der Waals surface area (Å²) in [6.45, 7) is 12.7. The Morgan fingerprint density at radius 2 is 1.36 bits per heavy atom. The topological polar surface area (TPSA) is 68.0 Å². The van der Waals surface area contributed by atoms with E-state index in [-0.39, 0.29) is 6.42 Å². The van der Waals surface area contributed by atoms with Gasteiger partial charge < -0.3 is 9.84 Å². The molecule has 214 valence electrons. The average Bonchev–Trinajstić information content (AvgIpc) is 3.70. The zero-order valence-corrected chi connectivity index (χ0v) is 27.2. The highest BCUT2D eigenvalue weighted by Gasteiger charge is 2.32. The number of carbonyl (C=O) groups is 2. The van der Waals surface area contributed by atoms with Gasteiger partial charge in [0, 0.05) is 29.3 Å². The molecule has 0 bridgehead atoms. The molecule has 3 aromatic carbocycles. The number of carboxylic acid groups (broad SMARTS) is 1. The zero-order valence-electron chi connectivity index (χ0n) is 23.2. The number of thiophene rings is 3. The fourth-order valence-electron chi connectivity index (χ4n) is 4.19. The number of rotatable bonds is 4. The zero-order chi connectivity index (χ0) is 30.3. The Morgan fingerprint density at radius 1 is 0.833 bits per heavy atom. The number of fused-ring (bicyclic) bond motifs is 3. The van der Waals surface area contributed by atoms with Gasteiger partial charge in [-0.1, -0.05) is 40.2 Å². The Kier molecular flexibility index (Phi) is 10.5. The number of ether oxygens (including phenoxy) is 1. The van der Waals surface area contributed by atoms with E-state index in [1.165, 1.54) is 14.6 Å². The molecule has 3 heterocycles. The lowest BCUT2D eigenvalue weighted by Gasteiger charge is -2.20. The van der Waals surface area contributed by atoms with E-state index in [2.05, 4.69) is 50.4 Å². The summed E-state index contributed by atoms with van der Waals surface area (Å²) in [6, 6.07) is 22.9. The number of benzene rings is 3. The first-order chi connectivity index (χ1) is 20.1. The van der Waals surface area contributed by atoms with Gasteiger partial charge in [0.25, 0.3) is 0 Å². The molecule has 0 aliphatic heterocycles. The number of carboxylic acids is 1. The summed E-state index contributed by atoms with van der Waals surface area (Å²) >= 11 is 8.49. The van der Waals surface area contributed by atoms with E-state index in [1.54, 1.807) is 54.8 Å². The molecule has 42 heavy (non-hydrogen) atoms. The Labute approximate surface area is 265 Å². The van der Waals surface area contributed by atoms with E-state index in [1.807, 2.05) is 59.3 Å². The van der Waals surface area contributed by atoms with Crippen LogP contribution < -0.4 is 0 Å². The van der Waals surface area contributed by atoms with Gasteiger partial charge in [-0.15, -0.1) is 34.0 Å². The third kappa shape index (κ3) is 8.05. The van der Waals surface area contributed by atoms with Gasteiger partial charge in [0.15, 0.2) is 0 Å². The van der Waals surface area contributed by atoms with Gasteiger partial charge >= 0.3 is 18.0 Å². The second-order valence-corrected chi connectivity index (χ2v) is 13.8. The fourth-order valence-corrected chi connectivity index (χ4v) is 7.29. The lowest BCUT2D eigenvalue weighted by molar-refractivity contribution is -0.155. The molecule has 0 radical (unpaired) electrons. The van der Waals surface area contributed by atoms with Crippen molar-refractivity contribution in [3.63, 3.8) is 0 Å². The third-order valence-electron chi connectivity index (χ3n) is 5.95. The molecule has 0 fully saturated rings. The van der Waals surface area contributed by atoms with Crippen molar-refractivity contribution in [2.75, 3.05) is 0 Å². The molecule has 9 heteroatoms. The van der Waals surface area contributed by atoms with Crippen molar-refractivity contribution >= 4 is 92.1 Å². The van der Waals surface area contributed by atoms with Crippen molar-refractivity contribution < 1.29 is 19.4 Å². The molecule has 0 amide bonds. The molecule has 0 aliphatic rings. The van der Waals surface area contributed by atoms with Crippen molar-refractivity contribution in [2.45, 2.75) is 38.8 Å². The number of carbonyl (C=O) groups excluding carboxylic acids is 1. The number of halogens is 1. The highest BCUT2D eigenvalue weighted by atomic mass is 79.9. The number of aliphatic carboxylic acids is 1. The molecule has 0 aliphatic carbocycles. The largest absolute Gasteiger partial charge is 0.481 e. The smallest absolute Gasteiger partial charge is 0.395 e. The Morgan fingerprint density at radius 3 is 1.93 bits per heavy atom. The predicted molar refractivity (Wildman–Crippen MR) is 180 cm³/mol. The summed E-state index contributed by atoms with van der Waals surface area (Å²) in [5.74, 6) is -1.26. The van der Waals surface area contributed by atoms with E-state index in [0.29, 0.717) is 0 Å². The maximum atomic E-state index is 12.1. The van der Waals surface area contributed by atoms with E-state index in [0.717, 1.165) is 31.3 Å². The molecule has 6 rings (SSSR count). The van der Waals surface area contributed by atoms with Gasteiger partial charge in [-0.05, 0) is 96.4 Å². The van der Waals surface area contributed by atoms with Crippen LogP contribution in [0.15, 0.2) is 93.4 Å². The van der Waals surface area contributed by atoms with Gasteiger partial charge in [0.05, 0.1) is 12.0 Å². The fraction of sp³-hybridized carbons (Fsp3) is 0.182. The molecular formula is C33H28BrNO4S3. The summed E-state index contributed by atoms with van der Waals surface area (Å²) in [6.07, 6.45) is 0.105. The SMILES string of the molecule is Brc1cccc2sccc12.O=C(O)Cc1cccc2sccc12.[C-]#[N+]C(C(=O)OC(C)(C)C)c1cccc2sccc12. The van der Waals surface area contributed by atoms with Crippen LogP contribution in [0.1, 0.15) is 37.9 Å². The second-order valence-electron chi connectivity index (χ2n) is 10.1. The minimum absolute atomic E-state index is 0.105. The summed E-state index contributed by atoms with van der Waals surface area (Å²) in [5.41, 5.74) is 1.04. The van der Waals surface area contributed by atoms with Crippen molar-refractivity contribution in [3.05, 3.63) is 116 Å². The van der Waals surface area contributed by atoms with E-state index >= 15 is 0 Å². The molecular weight excluding hydrogens is 650 g/mol. The highest BCUT2D eigenvalue weighted by Crippen LogP contribution is 2.32. The van der Waals surface area contributed by atoms with Crippen LogP contribution in [0.5, 0.6) is 0 Å². The first-order valence-corrected chi connectivity index (χ1v) is 16.3. The van der Waals surface area contributed by atoms with Gasteiger partial charge in [0.2, 0.25) is 0 Å². The number of hydrogen-bond acceptors (Lipinski definition) is 6. The van der Waals surface area contributed by atoms with Crippen LogP contribution in [-0.2, 0) is 20.7 Å². The van der Waals surface area contributed by atoms with Crippen LogP contribution in [0.3, 0.4) is 0 Å². The van der Waals surface area contributed by atoms with Gasteiger partial charge in [-0.25, -0.2) is 11.4 Å². The highest BCUT2D eigenvalue weighted by molar-refractivity contribution is 9.10. The molecule has 1 unspecified atom stereocenters. The molecule has 6 aromatic rings. The van der Waals surface area contributed by atoms with Crippen LogP contribution in [0, 0.1) is 6.57 Å². The first kappa shape index (κ1) is 31.4. The number of hydrogen-bond donors (Lipinski definition) is 1. The molecule has 0 saturated heterocycles. The summed E-state index contributed by atoms with van der Waals surface area (Å²) in [7, 11) is 0. The van der Waals surface area contributed by atoms with Crippen molar-refractivity contribution in [3.8, 4) is 0 Å². The Balaban J connectivity index is 0.000000153. The third-order valence-corrected chi connectivity index (χ3v) is 9.29. The predicted octanol–water partition coefficient (Wildman–Crippen LogP) is 10.4. The summed E-state index contributed by atoms with van der Waals surface area (Å²) in [4.78, 5) is 26.1. The molecule has 3 aromatic heterocycles. The monoisotopic (exact) mass is 677 g/mol. The van der Waals surface area contributed by atoms with Gasteiger partial charge in [-0.3, -0.25) is 9.64 Å². The van der Waals surface area contributed by atoms with Crippen LogP contribution in [-0.4, -0.2) is 22.6 Å². The standard InChI is InChI=1S/C15H15NO2S.C10H8O2S.C8H5BrS/c1-15(2,3)18-14(17)13(16-4)11-6-5-7-12-10(11)8-9-19-12;11-10(12)6-7-2-1-3-9-8(7)4-5-13-9;9-7-2-1-3-8-6(7)4-5-10-8/h5-9,13H,1-3H3;1-5H,6H2,(H,11,12);1-5H. The van der Waals surface area contributed by atoms with Gasteiger partial charge in [0.1, 0.15) is 5.60 Å². The maximum absolute atomic E-state index is 12.1. The number of esters is 1. The van der Waals surface area contributed by atoms with E-state index < -0.39 is 23.6 Å². The average molecular weight is 679 g/mol. The van der Waals surface area contributed by atoms with Crippen molar-refractivity contribution in [1.82, 2.24) is 0 Å². The molecule has 1 atom stereocenters. The lowest BCUT2D eigenvalue weighted by Crippen LogP contribution is -2.26. The van der Waals surface area contributed by atoms with Crippen LogP contribution in [0.2, 0.25) is 0 Å². The molecule has 0 saturated carbocycles. The maximum Gasteiger partial charge on any atom is 0.395 e. The summed E-state index contributed by atoms with van der Waals surface area (Å²) in [5, 5.41) is 18.1. The first-order valence-electron chi connectivity index (χ1n) is 12.9. The minimum Gasteiger partial charge on any atom is -0.481 e. The quantitative estimate of drug-likeness (QED) is 0.149. The lowest BCUT2D eigenvalue weighted by atomic mass is 10.0. The normalized spacial score (nSPS) is 11.6. The van der Waals surface area contributed by atoms with E-state index in [9.17, 15) is 9.59 Å². The molecule has 0 spiro atoms. The van der Waals surface area contributed by atoms with Crippen molar-refractivity contribution in [1.29, 1.82) is 0 Å².